The molecule has 10 nitrogen and oxygen atoms in total. The second-order valence-corrected chi connectivity index (χ2v) is 8.20. The Hall–Kier alpha value is -4.86. The monoisotopic (exact) mass is 504 g/mol. The lowest BCUT2D eigenvalue weighted by Gasteiger charge is -2.26. The highest BCUT2D eigenvalue weighted by atomic mass is 16.6. The van der Waals surface area contributed by atoms with Crippen LogP contribution in [0.4, 0.5) is 5.69 Å². The summed E-state index contributed by atoms with van der Waals surface area (Å²) in [5.74, 6) is -0.633. The molecule has 3 aromatic rings. The number of nitrogens with zero attached hydrogens (tertiary/aromatic N) is 2. The predicted octanol–water partition coefficient (Wildman–Crippen LogP) is 4.24. The van der Waals surface area contributed by atoms with E-state index in [9.17, 15) is 24.8 Å². The number of carbonyl (C=O) groups is 2. The van der Waals surface area contributed by atoms with Crippen LogP contribution in [-0.4, -0.2) is 47.9 Å². The van der Waals surface area contributed by atoms with Gasteiger partial charge in [0, 0.05) is 24.2 Å². The summed E-state index contributed by atoms with van der Waals surface area (Å²) < 4.78 is 16.0. The largest absolute Gasteiger partial charge is 0.507 e. The molecule has 1 amide bonds. The number of Topliss-reactive ketones (excluding diaryl/α,β-unsaturated/α-hetero) is 1. The van der Waals surface area contributed by atoms with Crippen LogP contribution in [0.3, 0.4) is 0 Å². The number of hydrogen-bond acceptors (Lipinski definition) is 8. The number of non-ortho nitro benzene ring substituents is 1. The van der Waals surface area contributed by atoms with Crippen molar-refractivity contribution in [3.05, 3.63) is 99.1 Å². The lowest BCUT2D eigenvalue weighted by atomic mass is 9.95. The SMILES string of the molecule is COc1cccc(C2/C(=C(/O)c3ccc([N+](=O)[O-])cc3)C(=O)C(=O)N2Cc2ccc(OC)c(OC)c2)c1. The van der Waals surface area contributed by atoms with Crippen molar-refractivity contribution in [1.82, 2.24) is 4.90 Å². The van der Waals surface area contributed by atoms with Gasteiger partial charge in [-0.1, -0.05) is 18.2 Å². The van der Waals surface area contributed by atoms with Gasteiger partial charge >= 0.3 is 0 Å². The number of ether oxygens (including phenoxy) is 3. The summed E-state index contributed by atoms with van der Waals surface area (Å²) in [6.45, 7) is 0.0316. The molecule has 1 saturated heterocycles. The molecule has 0 radical (unpaired) electrons. The van der Waals surface area contributed by atoms with Crippen LogP contribution in [-0.2, 0) is 16.1 Å². The lowest BCUT2D eigenvalue weighted by Crippen LogP contribution is -2.29. The molecule has 1 N–H and O–H groups in total. The Balaban J connectivity index is 1.84. The molecule has 1 aliphatic heterocycles. The molecule has 4 rings (SSSR count). The molecular formula is C27H24N2O8. The smallest absolute Gasteiger partial charge is 0.295 e. The lowest BCUT2D eigenvalue weighted by molar-refractivity contribution is -0.384. The Kier molecular flexibility index (Phi) is 7.10. The number of benzene rings is 3. The summed E-state index contributed by atoms with van der Waals surface area (Å²) >= 11 is 0. The summed E-state index contributed by atoms with van der Waals surface area (Å²) in [5, 5.41) is 22.2. The zero-order valence-corrected chi connectivity index (χ0v) is 20.3. The second kappa shape index (κ2) is 10.4. The zero-order chi connectivity index (χ0) is 26.7. The molecule has 0 saturated carbocycles. The molecule has 1 heterocycles. The molecule has 3 aromatic carbocycles. The van der Waals surface area contributed by atoms with E-state index in [0.29, 0.717) is 28.4 Å². The average Bonchev–Trinajstić information content (AvgIpc) is 3.17. The van der Waals surface area contributed by atoms with Crippen LogP contribution in [0.25, 0.3) is 5.76 Å². The zero-order valence-electron chi connectivity index (χ0n) is 20.3. The average molecular weight is 504 g/mol. The van der Waals surface area contributed by atoms with Gasteiger partial charge in [-0.05, 0) is 47.5 Å². The van der Waals surface area contributed by atoms with Crippen molar-refractivity contribution >= 4 is 23.1 Å². The van der Waals surface area contributed by atoms with Gasteiger partial charge in [0.25, 0.3) is 17.4 Å². The predicted molar refractivity (Wildman–Crippen MR) is 133 cm³/mol. The van der Waals surface area contributed by atoms with Crippen LogP contribution in [0.5, 0.6) is 17.2 Å². The molecule has 0 aliphatic carbocycles. The molecule has 10 heteroatoms. The Morgan fingerprint density at radius 3 is 2.27 bits per heavy atom. The molecular weight excluding hydrogens is 480 g/mol. The normalized spacial score (nSPS) is 16.5. The number of aliphatic hydroxyl groups excluding tert-OH is 1. The third kappa shape index (κ3) is 4.81. The molecule has 1 fully saturated rings. The number of methoxy groups -OCH3 is 3. The van der Waals surface area contributed by atoms with Gasteiger partial charge in [-0.3, -0.25) is 19.7 Å². The van der Waals surface area contributed by atoms with E-state index in [0.717, 1.165) is 0 Å². The first-order chi connectivity index (χ1) is 17.8. The summed E-state index contributed by atoms with van der Waals surface area (Å²) in [6.07, 6.45) is 0. The van der Waals surface area contributed by atoms with Crippen LogP contribution >= 0.6 is 0 Å². The quantitative estimate of drug-likeness (QED) is 0.159. The van der Waals surface area contributed by atoms with E-state index in [-0.39, 0.29) is 23.4 Å². The summed E-state index contributed by atoms with van der Waals surface area (Å²) in [6, 6.07) is 16.2. The third-order valence-electron chi connectivity index (χ3n) is 6.10. The topological polar surface area (TPSA) is 128 Å². The number of nitro groups is 1. The molecule has 1 aliphatic rings. The van der Waals surface area contributed by atoms with Crippen LogP contribution < -0.4 is 14.2 Å². The molecule has 0 spiro atoms. The van der Waals surface area contributed by atoms with Crippen LogP contribution in [0.1, 0.15) is 22.7 Å². The van der Waals surface area contributed by atoms with Crippen molar-refractivity contribution in [3.63, 3.8) is 0 Å². The van der Waals surface area contributed by atoms with Crippen LogP contribution in [0, 0.1) is 10.1 Å². The molecule has 0 bridgehead atoms. The van der Waals surface area contributed by atoms with Crippen LogP contribution in [0.15, 0.2) is 72.3 Å². The third-order valence-corrected chi connectivity index (χ3v) is 6.10. The van der Waals surface area contributed by atoms with E-state index >= 15 is 0 Å². The van der Waals surface area contributed by atoms with Gasteiger partial charge in [0.1, 0.15) is 11.5 Å². The first-order valence-corrected chi connectivity index (χ1v) is 11.2. The maximum Gasteiger partial charge on any atom is 0.295 e. The van der Waals surface area contributed by atoms with Gasteiger partial charge in [0.05, 0.1) is 37.9 Å². The summed E-state index contributed by atoms with van der Waals surface area (Å²) in [7, 11) is 4.50. The maximum absolute atomic E-state index is 13.3. The number of aliphatic hydroxyl groups is 1. The van der Waals surface area contributed by atoms with Crippen molar-refractivity contribution in [1.29, 1.82) is 0 Å². The fourth-order valence-electron chi connectivity index (χ4n) is 4.27. The second-order valence-electron chi connectivity index (χ2n) is 8.20. The highest BCUT2D eigenvalue weighted by Crippen LogP contribution is 2.41. The molecule has 1 unspecified atom stereocenters. The highest BCUT2D eigenvalue weighted by molar-refractivity contribution is 6.46. The van der Waals surface area contributed by atoms with Crippen molar-refractivity contribution < 1.29 is 33.8 Å². The molecule has 37 heavy (non-hydrogen) atoms. The number of likely N-dealkylation sites (tertiary alicyclic amines) is 1. The van der Waals surface area contributed by atoms with E-state index in [1.807, 2.05) is 0 Å². The van der Waals surface area contributed by atoms with Gasteiger partial charge in [-0.2, -0.15) is 0 Å². The van der Waals surface area contributed by atoms with Gasteiger partial charge in [-0.15, -0.1) is 0 Å². The van der Waals surface area contributed by atoms with Gasteiger partial charge in [0.15, 0.2) is 11.5 Å². The standard InChI is InChI=1S/C27H24N2O8/c1-35-20-6-4-5-18(14-20)24-23(25(30)17-8-10-19(11-9-17)29(33)34)26(31)27(32)28(24)15-16-7-12-21(36-2)22(13-16)37-3/h4-14,24,30H,15H2,1-3H3/b25-23-. The van der Waals surface area contributed by atoms with E-state index in [2.05, 4.69) is 0 Å². The van der Waals surface area contributed by atoms with E-state index in [1.54, 1.807) is 42.5 Å². The van der Waals surface area contributed by atoms with E-state index < -0.39 is 28.4 Å². The summed E-state index contributed by atoms with van der Waals surface area (Å²) in [4.78, 5) is 38.4. The fraction of sp³-hybridized carbons (Fsp3) is 0.185. The number of rotatable bonds is 8. The minimum atomic E-state index is -0.946. The van der Waals surface area contributed by atoms with Gasteiger partial charge < -0.3 is 24.2 Å². The van der Waals surface area contributed by atoms with Crippen molar-refractivity contribution in [2.24, 2.45) is 0 Å². The Bertz CT molecular complexity index is 1400. The van der Waals surface area contributed by atoms with Crippen molar-refractivity contribution in [2.45, 2.75) is 12.6 Å². The minimum Gasteiger partial charge on any atom is -0.507 e. The molecule has 0 aromatic heterocycles. The molecule has 1 atom stereocenters. The first kappa shape index (κ1) is 25.2. The number of ketones is 1. The van der Waals surface area contributed by atoms with Gasteiger partial charge in [-0.25, -0.2) is 0 Å². The highest BCUT2D eigenvalue weighted by Gasteiger charge is 2.46. The van der Waals surface area contributed by atoms with Crippen molar-refractivity contribution in [3.8, 4) is 17.2 Å². The number of carbonyl (C=O) groups excluding carboxylic acids is 2. The number of amides is 1. The Morgan fingerprint density at radius 2 is 1.65 bits per heavy atom. The Labute approximate surface area is 212 Å². The van der Waals surface area contributed by atoms with E-state index in [1.165, 1.54) is 50.5 Å². The number of hydrogen-bond donors (Lipinski definition) is 1. The maximum atomic E-state index is 13.3. The van der Waals surface area contributed by atoms with Crippen molar-refractivity contribution in [2.75, 3.05) is 21.3 Å². The van der Waals surface area contributed by atoms with Gasteiger partial charge in [0.2, 0.25) is 0 Å². The minimum absolute atomic E-state index is 0.0316. The summed E-state index contributed by atoms with van der Waals surface area (Å²) in [5.41, 5.74) is 1.08. The van der Waals surface area contributed by atoms with Crippen LogP contribution in [0.2, 0.25) is 0 Å². The fourth-order valence-corrected chi connectivity index (χ4v) is 4.27. The Morgan fingerprint density at radius 1 is 0.946 bits per heavy atom. The number of nitro benzene ring substituents is 1. The van der Waals surface area contributed by atoms with E-state index in [4.69, 9.17) is 14.2 Å². The molecule has 190 valence electrons. The first-order valence-electron chi connectivity index (χ1n) is 11.2.